The highest BCUT2D eigenvalue weighted by atomic mass is 32.2. The summed E-state index contributed by atoms with van der Waals surface area (Å²) in [6, 6.07) is 4.80. The van der Waals surface area contributed by atoms with Crippen LogP contribution < -0.4 is 14.8 Å². The number of carbonyl (C=O) groups is 1. The van der Waals surface area contributed by atoms with Gasteiger partial charge in [0.15, 0.2) is 11.5 Å². The van der Waals surface area contributed by atoms with Crippen molar-refractivity contribution in [3.05, 3.63) is 40.3 Å². The molecule has 0 atom stereocenters. The number of morpholine rings is 1. The molecule has 29 heavy (non-hydrogen) atoms. The van der Waals surface area contributed by atoms with Gasteiger partial charge in [0, 0.05) is 30.6 Å². The molecule has 11 heteroatoms. The molecule has 0 aliphatic carbocycles. The largest absolute Gasteiger partial charge is 0.493 e. The van der Waals surface area contributed by atoms with Crippen LogP contribution in [0.1, 0.15) is 16.1 Å². The molecule has 0 bridgehead atoms. The predicted molar refractivity (Wildman–Crippen MR) is 108 cm³/mol. The number of amides is 1. The molecule has 1 amide bonds. The van der Waals surface area contributed by atoms with Crippen molar-refractivity contribution in [2.45, 2.75) is 6.61 Å². The lowest BCUT2D eigenvalue weighted by molar-refractivity contribution is 0.0730. The number of sulfonamides is 1. The molecule has 2 aromatic rings. The smallest absolute Gasteiger partial charge is 0.251 e. The Labute approximate surface area is 173 Å². The van der Waals surface area contributed by atoms with Gasteiger partial charge in [0.05, 0.1) is 37.3 Å². The van der Waals surface area contributed by atoms with E-state index in [0.29, 0.717) is 50.0 Å². The molecule has 0 unspecified atom stereocenters. The topological polar surface area (TPSA) is 107 Å². The van der Waals surface area contributed by atoms with E-state index in [0.717, 1.165) is 5.69 Å². The normalized spacial score (nSPS) is 15.1. The minimum atomic E-state index is -3.42. The molecule has 1 aromatic carbocycles. The van der Waals surface area contributed by atoms with E-state index >= 15 is 0 Å². The molecule has 1 aliphatic heterocycles. The number of aromatic nitrogens is 1. The first kappa shape index (κ1) is 21.5. The number of thiazole rings is 1. The standard InChI is InChI=1S/C18H23N3O6S2/c1-25-17-10-14(2-3-16(17)27-11-15-12-28-13-20-15)18(22)19-4-9-29(23,24)21-5-7-26-8-6-21/h2-3,10,12-13H,4-9,11H2,1H3,(H,19,22). The molecular weight excluding hydrogens is 418 g/mol. The van der Waals surface area contributed by atoms with E-state index in [1.807, 2.05) is 5.38 Å². The van der Waals surface area contributed by atoms with Crippen molar-refractivity contribution in [2.75, 3.05) is 45.7 Å². The fraction of sp³-hybridized carbons (Fsp3) is 0.444. The van der Waals surface area contributed by atoms with Crippen molar-refractivity contribution in [1.82, 2.24) is 14.6 Å². The summed E-state index contributed by atoms with van der Waals surface area (Å²) < 4.78 is 42.1. The lowest BCUT2D eigenvalue weighted by atomic mass is 10.2. The first-order valence-corrected chi connectivity index (χ1v) is 11.6. The zero-order valence-electron chi connectivity index (χ0n) is 16.0. The SMILES string of the molecule is COc1cc(C(=O)NCCS(=O)(=O)N2CCOCC2)ccc1OCc1cscn1. The molecule has 9 nitrogen and oxygen atoms in total. The van der Waals surface area contributed by atoms with E-state index in [-0.39, 0.29) is 18.2 Å². The van der Waals surface area contributed by atoms with Gasteiger partial charge in [-0.3, -0.25) is 4.79 Å². The molecule has 158 valence electrons. The van der Waals surface area contributed by atoms with E-state index < -0.39 is 10.0 Å². The van der Waals surface area contributed by atoms with E-state index in [9.17, 15) is 13.2 Å². The highest BCUT2D eigenvalue weighted by molar-refractivity contribution is 7.89. The Morgan fingerprint density at radius 2 is 2.10 bits per heavy atom. The summed E-state index contributed by atoms with van der Waals surface area (Å²) in [5.74, 6) is 0.359. The molecule has 0 radical (unpaired) electrons. The van der Waals surface area contributed by atoms with Crippen molar-refractivity contribution in [2.24, 2.45) is 0 Å². The molecule has 1 saturated heterocycles. The molecular formula is C18H23N3O6S2. The zero-order chi connectivity index (χ0) is 20.7. The summed E-state index contributed by atoms with van der Waals surface area (Å²) in [6.45, 7) is 1.78. The average molecular weight is 442 g/mol. The first-order valence-electron chi connectivity index (χ1n) is 9.01. The number of benzene rings is 1. The molecule has 0 spiro atoms. The highest BCUT2D eigenvalue weighted by Gasteiger charge is 2.24. The fourth-order valence-electron chi connectivity index (χ4n) is 2.74. The van der Waals surface area contributed by atoms with Gasteiger partial charge in [-0.25, -0.2) is 13.4 Å². The second-order valence-electron chi connectivity index (χ2n) is 6.22. The van der Waals surface area contributed by atoms with E-state index in [4.69, 9.17) is 14.2 Å². The number of nitrogens with one attached hydrogen (secondary N) is 1. The second kappa shape index (κ2) is 10.0. The zero-order valence-corrected chi connectivity index (χ0v) is 17.6. The van der Waals surface area contributed by atoms with Gasteiger partial charge < -0.3 is 19.5 Å². The Hall–Kier alpha value is -2.21. The van der Waals surface area contributed by atoms with Gasteiger partial charge in [0.1, 0.15) is 6.61 Å². The summed E-state index contributed by atoms with van der Waals surface area (Å²) in [5.41, 5.74) is 2.88. The Morgan fingerprint density at radius 3 is 2.79 bits per heavy atom. The van der Waals surface area contributed by atoms with Gasteiger partial charge in [0.25, 0.3) is 5.91 Å². The second-order valence-corrected chi connectivity index (χ2v) is 9.02. The van der Waals surface area contributed by atoms with Crippen LogP contribution in [0.25, 0.3) is 0 Å². The maximum atomic E-state index is 12.4. The Balaban J connectivity index is 1.54. The van der Waals surface area contributed by atoms with Gasteiger partial charge in [-0.2, -0.15) is 4.31 Å². The van der Waals surface area contributed by atoms with Crippen LogP contribution in [0, 0.1) is 0 Å². The van der Waals surface area contributed by atoms with Gasteiger partial charge in [-0.05, 0) is 18.2 Å². The van der Waals surface area contributed by atoms with Gasteiger partial charge >= 0.3 is 0 Å². The lowest BCUT2D eigenvalue weighted by Crippen LogP contribution is -2.43. The Kier molecular flexibility index (Phi) is 7.42. The maximum Gasteiger partial charge on any atom is 0.251 e. The number of rotatable bonds is 9. The third-order valence-corrected chi connectivity index (χ3v) is 6.80. The minimum absolute atomic E-state index is 0.0168. The summed E-state index contributed by atoms with van der Waals surface area (Å²) >= 11 is 1.48. The van der Waals surface area contributed by atoms with Crippen molar-refractivity contribution < 1.29 is 27.4 Å². The molecule has 1 aliphatic rings. The molecule has 1 N–H and O–H groups in total. The summed E-state index contributed by atoms with van der Waals surface area (Å²) in [6.07, 6.45) is 0. The van der Waals surface area contributed by atoms with Crippen LogP contribution in [-0.2, 0) is 21.4 Å². The van der Waals surface area contributed by atoms with E-state index in [1.165, 1.54) is 22.8 Å². The Bertz CT molecular complexity index is 912. The van der Waals surface area contributed by atoms with Crippen molar-refractivity contribution in [3.63, 3.8) is 0 Å². The predicted octanol–water partition coefficient (Wildman–Crippen LogP) is 1.12. The van der Waals surface area contributed by atoms with Crippen LogP contribution in [0.15, 0.2) is 29.1 Å². The van der Waals surface area contributed by atoms with Crippen LogP contribution in [0.3, 0.4) is 0 Å². The summed E-state index contributed by atoms with van der Waals surface area (Å²) in [4.78, 5) is 16.5. The van der Waals surface area contributed by atoms with Crippen LogP contribution >= 0.6 is 11.3 Å². The number of ether oxygens (including phenoxy) is 3. The molecule has 1 aromatic heterocycles. The number of methoxy groups -OCH3 is 1. The number of hydrogen-bond donors (Lipinski definition) is 1. The molecule has 3 rings (SSSR count). The van der Waals surface area contributed by atoms with Crippen LogP contribution in [0.4, 0.5) is 0 Å². The van der Waals surface area contributed by atoms with Crippen LogP contribution in [-0.4, -0.2) is 69.3 Å². The van der Waals surface area contributed by atoms with E-state index in [1.54, 1.807) is 23.7 Å². The number of nitrogens with zero attached hydrogens (tertiary/aromatic N) is 2. The monoisotopic (exact) mass is 441 g/mol. The summed E-state index contributed by atoms with van der Waals surface area (Å²) in [5, 5.41) is 4.53. The third-order valence-electron chi connectivity index (χ3n) is 4.29. The number of carbonyl (C=O) groups excluding carboxylic acids is 1. The average Bonchev–Trinajstić information content (AvgIpc) is 3.26. The lowest BCUT2D eigenvalue weighted by Gasteiger charge is -2.26. The molecule has 2 heterocycles. The summed E-state index contributed by atoms with van der Waals surface area (Å²) in [7, 11) is -1.93. The minimum Gasteiger partial charge on any atom is -0.493 e. The third kappa shape index (κ3) is 5.89. The van der Waals surface area contributed by atoms with E-state index in [2.05, 4.69) is 10.3 Å². The molecule has 1 fully saturated rings. The van der Waals surface area contributed by atoms with Crippen molar-refractivity contribution >= 4 is 27.3 Å². The first-order chi connectivity index (χ1) is 14.0. The molecule has 0 saturated carbocycles. The van der Waals surface area contributed by atoms with Crippen LogP contribution in [0.5, 0.6) is 11.5 Å². The van der Waals surface area contributed by atoms with Gasteiger partial charge in [-0.15, -0.1) is 11.3 Å². The highest BCUT2D eigenvalue weighted by Crippen LogP contribution is 2.28. The van der Waals surface area contributed by atoms with Crippen molar-refractivity contribution in [1.29, 1.82) is 0 Å². The Morgan fingerprint density at radius 1 is 1.31 bits per heavy atom. The van der Waals surface area contributed by atoms with Gasteiger partial charge in [0.2, 0.25) is 10.0 Å². The fourth-order valence-corrected chi connectivity index (χ4v) is 4.60. The quantitative estimate of drug-likeness (QED) is 0.621. The van der Waals surface area contributed by atoms with Crippen molar-refractivity contribution in [3.8, 4) is 11.5 Å². The van der Waals surface area contributed by atoms with Crippen LogP contribution in [0.2, 0.25) is 0 Å². The van der Waals surface area contributed by atoms with Gasteiger partial charge in [-0.1, -0.05) is 0 Å². The number of hydrogen-bond acceptors (Lipinski definition) is 8. The maximum absolute atomic E-state index is 12.4.